The number of hydrogen-bond donors (Lipinski definition) is 0. The van der Waals surface area contributed by atoms with Gasteiger partial charge in [0.05, 0.1) is 6.61 Å². The highest BCUT2D eigenvalue weighted by Gasteiger charge is 2.96. The molecule has 0 spiro atoms. The van der Waals surface area contributed by atoms with Gasteiger partial charge in [-0.05, 0) is 29.7 Å². The molecule has 0 radical (unpaired) electrons. The Morgan fingerprint density at radius 1 is 0.731 bits per heavy atom. The van der Waals surface area contributed by atoms with E-state index in [4.69, 9.17) is 9.47 Å². The van der Waals surface area contributed by atoms with E-state index in [0.717, 1.165) is 12.1 Å². The summed E-state index contributed by atoms with van der Waals surface area (Å²) in [6, 6.07) is 8.58. The summed E-state index contributed by atoms with van der Waals surface area (Å²) in [5, 5.41) is -7.79. The Morgan fingerprint density at radius 2 is 1.23 bits per heavy atom. The van der Waals surface area contributed by atoms with E-state index < -0.39 is 102 Å². The van der Waals surface area contributed by atoms with E-state index in [1.54, 1.807) is 6.92 Å². The second kappa shape index (κ2) is 13.7. The van der Waals surface area contributed by atoms with Gasteiger partial charge in [0.1, 0.15) is 6.10 Å². The molecule has 2 aromatic carbocycles. The predicted molar refractivity (Wildman–Crippen MR) is 146 cm³/mol. The van der Waals surface area contributed by atoms with Gasteiger partial charge in [0.2, 0.25) is 0 Å². The third-order valence-corrected chi connectivity index (χ3v) is 13.2. The maximum atomic E-state index is 15.1. The Kier molecular flexibility index (Phi) is 11.5. The van der Waals surface area contributed by atoms with Crippen LogP contribution in [-0.2, 0) is 23.2 Å². The summed E-state index contributed by atoms with van der Waals surface area (Å²) in [6.07, 6.45) is -10.6. The fraction of sp³-hybridized carbons (Fsp3) is 0.593. The molecular weight excluding hydrogens is 807 g/mol. The van der Waals surface area contributed by atoms with Crippen molar-refractivity contribution in [1.82, 2.24) is 0 Å². The van der Waals surface area contributed by atoms with Crippen LogP contribution in [0.1, 0.15) is 26.2 Å². The van der Waals surface area contributed by atoms with Gasteiger partial charge in [-0.15, -0.1) is 0 Å². The fourth-order valence-corrected chi connectivity index (χ4v) is 10.6. The number of alkyl halides is 17. The maximum Gasteiger partial charge on any atom is 0.508 e. The minimum Gasteiger partial charge on any atom is -0.434 e. The van der Waals surface area contributed by atoms with Crippen molar-refractivity contribution in [2.24, 2.45) is 0 Å². The van der Waals surface area contributed by atoms with E-state index in [0.29, 0.717) is 12.8 Å². The lowest BCUT2D eigenvalue weighted by Crippen LogP contribution is -2.75. The lowest BCUT2D eigenvalue weighted by atomic mass is 9.91. The second-order valence-corrected chi connectivity index (χ2v) is 15.9. The number of carbonyl (C=O) groups is 1. The Hall–Kier alpha value is -2.96. The summed E-state index contributed by atoms with van der Waals surface area (Å²) < 4.78 is 276. The van der Waals surface area contributed by atoms with Gasteiger partial charge in [0.25, 0.3) is 0 Å². The molecule has 0 N–H and O–H groups in total. The smallest absolute Gasteiger partial charge is 0.434 e. The first-order valence-electron chi connectivity index (χ1n) is 14.1. The summed E-state index contributed by atoms with van der Waals surface area (Å²) >= 11 is 0. The van der Waals surface area contributed by atoms with Crippen molar-refractivity contribution >= 4 is 37.4 Å². The SMILES string of the molecule is CCCCOC(=O)OC1CCS(OS(=O)(=O)C(F)(F)C(F)(F)C(F)(F)C(F)(F)C(F)(F)C(F)(F)C(F)(F)C(F)(F)F)(c2cccc3ccccc23)C1. The molecule has 25 heteroatoms. The maximum absolute atomic E-state index is 15.1. The Labute approximate surface area is 283 Å². The minimum absolute atomic E-state index is 0.0826. The number of ether oxygens (including phenoxy) is 2. The van der Waals surface area contributed by atoms with Crippen LogP contribution in [0.3, 0.4) is 0 Å². The first-order chi connectivity index (χ1) is 23.3. The Balaban J connectivity index is 2.14. The number of hydrogen-bond acceptors (Lipinski definition) is 6. The summed E-state index contributed by atoms with van der Waals surface area (Å²) in [7, 11) is -12.1. The molecule has 6 nitrogen and oxygen atoms in total. The van der Waals surface area contributed by atoms with Gasteiger partial charge in [-0.2, -0.15) is 83.1 Å². The van der Waals surface area contributed by atoms with Crippen LogP contribution in [0.25, 0.3) is 10.8 Å². The summed E-state index contributed by atoms with van der Waals surface area (Å²) in [5.74, 6) is -54.3. The van der Waals surface area contributed by atoms with Crippen LogP contribution >= 0.6 is 10.3 Å². The number of fused-ring (bicyclic) bond motifs is 1. The van der Waals surface area contributed by atoms with Gasteiger partial charge in [0, 0.05) is 16.4 Å². The highest BCUT2D eigenvalue weighted by atomic mass is 32.3. The molecule has 2 atom stereocenters. The molecular formula is C27H23F17O6S2. The van der Waals surface area contributed by atoms with Crippen LogP contribution in [0.2, 0.25) is 0 Å². The fourth-order valence-electron chi connectivity index (χ4n) is 4.69. The quantitative estimate of drug-likeness (QED) is 0.107. The average Bonchev–Trinajstić information content (AvgIpc) is 3.41. The van der Waals surface area contributed by atoms with Gasteiger partial charge in [-0.25, -0.2) is 8.42 Å². The van der Waals surface area contributed by atoms with Crippen molar-refractivity contribution in [1.29, 1.82) is 0 Å². The first kappa shape index (κ1) is 43.4. The molecule has 1 aliphatic rings. The van der Waals surface area contributed by atoms with Crippen molar-refractivity contribution in [3.05, 3.63) is 42.5 Å². The van der Waals surface area contributed by atoms with Crippen LogP contribution in [0.15, 0.2) is 47.4 Å². The van der Waals surface area contributed by atoms with Crippen molar-refractivity contribution in [2.45, 2.75) is 84.2 Å². The molecule has 0 saturated carbocycles. The van der Waals surface area contributed by atoms with Crippen molar-refractivity contribution < 1.29 is 101 Å². The molecule has 2 unspecified atom stereocenters. The van der Waals surface area contributed by atoms with E-state index in [1.165, 1.54) is 30.3 Å². The topological polar surface area (TPSA) is 78.9 Å². The number of benzene rings is 2. The Morgan fingerprint density at radius 3 is 1.77 bits per heavy atom. The second-order valence-electron chi connectivity index (χ2n) is 11.1. The molecule has 0 amide bonds. The van der Waals surface area contributed by atoms with Gasteiger partial charge >= 0.3 is 63.2 Å². The zero-order chi connectivity index (χ0) is 40.2. The minimum atomic E-state index is -8.98. The predicted octanol–water partition coefficient (Wildman–Crippen LogP) is 9.96. The molecule has 3 rings (SSSR count). The molecule has 1 fully saturated rings. The van der Waals surface area contributed by atoms with E-state index in [-0.39, 0.29) is 17.4 Å². The van der Waals surface area contributed by atoms with E-state index in [9.17, 15) is 79.1 Å². The van der Waals surface area contributed by atoms with Gasteiger partial charge < -0.3 is 9.47 Å². The van der Waals surface area contributed by atoms with Crippen molar-refractivity contribution in [3.63, 3.8) is 0 Å². The van der Waals surface area contributed by atoms with Crippen LogP contribution in [0.5, 0.6) is 0 Å². The third-order valence-electron chi connectivity index (χ3n) is 7.58. The van der Waals surface area contributed by atoms with Gasteiger partial charge in [-0.3, -0.25) is 0 Å². The van der Waals surface area contributed by atoms with Crippen LogP contribution < -0.4 is 0 Å². The van der Waals surface area contributed by atoms with Crippen LogP contribution in [0, 0.1) is 0 Å². The lowest BCUT2D eigenvalue weighted by Gasteiger charge is -2.43. The first-order valence-corrected chi connectivity index (χ1v) is 17.4. The summed E-state index contributed by atoms with van der Waals surface area (Å²) in [5.41, 5.74) is 0. The molecule has 2 aromatic rings. The van der Waals surface area contributed by atoms with Crippen LogP contribution in [-0.4, -0.2) is 85.8 Å². The molecule has 298 valence electrons. The van der Waals surface area contributed by atoms with Crippen molar-refractivity contribution in [3.8, 4) is 0 Å². The monoisotopic (exact) mass is 830 g/mol. The third kappa shape index (κ3) is 6.69. The largest absolute Gasteiger partial charge is 0.508 e. The zero-order valence-electron chi connectivity index (χ0n) is 25.6. The molecule has 0 aromatic heterocycles. The molecule has 1 aliphatic heterocycles. The van der Waals surface area contributed by atoms with E-state index >= 15 is 8.78 Å². The van der Waals surface area contributed by atoms with E-state index in [1.807, 2.05) is 0 Å². The molecule has 1 saturated heterocycles. The number of carbonyl (C=O) groups excluding carboxylic acids is 1. The lowest BCUT2D eigenvalue weighted by molar-refractivity contribution is -0.458. The van der Waals surface area contributed by atoms with Crippen LogP contribution in [0.4, 0.5) is 79.4 Å². The standard InChI is InChI=1S/C27H23F17O6S2/c1-2-3-12-48-19(45)49-16-11-13-51(14-16,18-10-6-8-15-7-4-5-9-17(15)18)50-52(46,47)27(43,44)25(38,39)23(34,35)21(30,31)20(28,29)22(32,33)24(36,37)26(40,41)42/h4-10,16H,2-3,11-14H2,1H3. The zero-order valence-corrected chi connectivity index (χ0v) is 27.2. The van der Waals surface area contributed by atoms with Gasteiger partial charge in [0.15, 0.2) is 0 Å². The molecule has 1 heterocycles. The summed E-state index contributed by atoms with van der Waals surface area (Å²) in [4.78, 5) is 11.6. The number of rotatable bonds is 14. The number of halogens is 17. The average molecular weight is 831 g/mol. The highest BCUT2D eigenvalue weighted by molar-refractivity contribution is 8.33. The van der Waals surface area contributed by atoms with E-state index in [2.05, 4.69) is 3.63 Å². The molecule has 52 heavy (non-hydrogen) atoms. The summed E-state index contributed by atoms with van der Waals surface area (Å²) in [6.45, 7) is 1.47. The van der Waals surface area contributed by atoms with Gasteiger partial charge in [-0.1, -0.05) is 60.1 Å². The highest BCUT2D eigenvalue weighted by Crippen LogP contribution is 2.68. The number of unbranched alkanes of at least 4 members (excludes halogenated alkanes) is 1. The molecule has 0 aliphatic carbocycles. The molecule has 0 bridgehead atoms. The Bertz CT molecular complexity index is 1730. The van der Waals surface area contributed by atoms with Crippen molar-refractivity contribution in [2.75, 3.05) is 18.1 Å². The normalized spacial score (nSPS) is 21.5.